The van der Waals surface area contributed by atoms with Gasteiger partial charge in [0.15, 0.2) is 0 Å². The molecule has 0 atom stereocenters. The zero-order chi connectivity index (χ0) is 18.6. The van der Waals surface area contributed by atoms with Gasteiger partial charge in [-0.3, -0.25) is 0 Å². The van der Waals surface area contributed by atoms with Crippen molar-refractivity contribution in [2.24, 2.45) is 0 Å². The van der Waals surface area contributed by atoms with Crippen molar-refractivity contribution in [3.8, 4) is 11.5 Å². The zero-order valence-corrected chi connectivity index (χ0v) is 15.9. The first-order valence-corrected chi connectivity index (χ1v) is 8.94. The fraction of sp³-hybridized carbons (Fsp3) is 0.429. The van der Waals surface area contributed by atoms with Gasteiger partial charge in [0, 0.05) is 5.92 Å². The quantitative estimate of drug-likeness (QED) is 0.697. The summed E-state index contributed by atoms with van der Waals surface area (Å²) < 4.78 is 11.7. The van der Waals surface area contributed by atoms with Crippen LogP contribution in [0.3, 0.4) is 0 Å². The van der Waals surface area contributed by atoms with Crippen LogP contribution in [0, 0.1) is 0 Å². The predicted molar refractivity (Wildman–Crippen MR) is 105 cm³/mol. The summed E-state index contributed by atoms with van der Waals surface area (Å²) in [6.45, 7) is 10.2. The molecule has 4 heteroatoms. The molecular formula is C21H30N2O2. The Morgan fingerprint density at radius 2 is 1.16 bits per heavy atom. The minimum absolute atomic E-state index is 0.0835. The van der Waals surface area contributed by atoms with E-state index in [1.54, 1.807) is 0 Å². The van der Waals surface area contributed by atoms with Crippen LogP contribution in [0.1, 0.15) is 58.1 Å². The van der Waals surface area contributed by atoms with Crippen molar-refractivity contribution in [1.82, 2.24) is 0 Å². The fourth-order valence-electron chi connectivity index (χ4n) is 2.91. The van der Waals surface area contributed by atoms with Crippen LogP contribution in [0.25, 0.3) is 0 Å². The largest absolute Gasteiger partial charge is 0.489 e. The van der Waals surface area contributed by atoms with Gasteiger partial charge >= 0.3 is 0 Å². The molecular weight excluding hydrogens is 312 g/mol. The number of nitrogens with two attached hydrogens (primary N) is 2. The lowest BCUT2D eigenvalue weighted by atomic mass is 9.88. The molecule has 0 aliphatic carbocycles. The molecule has 0 unspecified atom stereocenters. The number of hydrogen-bond acceptors (Lipinski definition) is 4. The van der Waals surface area contributed by atoms with Gasteiger partial charge in [-0.15, -0.1) is 0 Å². The Hall–Kier alpha value is -2.36. The van der Waals surface area contributed by atoms with Crippen LogP contribution in [0.5, 0.6) is 11.5 Å². The molecule has 0 radical (unpaired) electrons. The van der Waals surface area contributed by atoms with Crippen molar-refractivity contribution in [2.75, 3.05) is 11.5 Å². The van der Waals surface area contributed by atoms with Gasteiger partial charge in [0.05, 0.1) is 23.6 Å². The molecule has 136 valence electrons. The van der Waals surface area contributed by atoms with Gasteiger partial charge in [0.25, 0.3) is 0 Å². The van der Waals surface area contributed by atoms with Gasteiger partial charge in [0.2, 0.25) is 0 Å². The second-order valence-corrected chi connectivity index (χ2v) is 6.89. The first kappa shape index (κ1) is 19.0. The summed E-state index contributed by atoms with van der Waals surface area (Å²) in [5, 5.41) is 0. The molecule has 0 heterocycles. The summed E-state index contributed by atoms with van der Waals surface area (Å²) in [7, 11) is 0. The molecule has 0 saturated heterocycles. The van der Waals surface area contributed by atoms with Crippen molar-refractivity contribution in [2.45, 2.75) is 59.2 Å². The summed E-state index contributed by atoms with van der Waals surface area (Å²) in [5.74, 6) is 1.70. The monoisotopic (exact) mass is 342 g/mol. The summed E-state index contributed by atoms with van der Waals surface area (Å²) in [4.78, 5) is 0. The first-order chi connectivity index (χ1) is 11.8. The molecule has 0 saturated carbocycles. The van der Waals surface area contributed by atoms with Crippen LogP contribution in [-0.4, -0.2) is 12.2 Å². The number of ether oxygens (including phenoxy) is 2. The minimum Gasteiger partial charge on any atom is -0.489 e. The average Bonchev–Trinajstić information content (AvgIpc) is 2.53. The Morgan fingerprint density at radius 3 is 1.48 bits per heavy atom. The molecule has 25 heavy (non-hydrogen) atoms. The average molecular weight is 342 g/mol. The van der Waals surface area contributed by atoms with Crippen molar-refractivity contribution in [3.63, 3.8) is 0 Å². The maximum Gasteiger partial charge on any atom is 0.142 e. The molecule has 0 fully saturated rings. The van der Waals surface area contributed by atoms with Crippen LogP contribution in [0.4, 0.5) is 11.4 Å². The number of nitrogen functional groups attached to an aromatic ring is 2. The highest BCUT2D eigenvalue weighted by atomic mass is 16.5. The van der Waals surface area contributed by atoms with Gasteiger partial charge < -0.3 is 20.9 Å². The Morgan fingerprint density at radius 1 is 0.760 bits per heavy atom. The van der Waals surface area contributed by atoms with E-state index in [1.807, 2.05) is 52.0 Å². The van der Waals surface area contributed by atoms with E-state index in [9.17, 15) is 0 Å². The molecule has 0 bridgehead atoms. The smallest absolute Gasteiger partial charge is 0.142 e. The highest BCUT2D eigenvalue weighted by Gasteiger charge is 2.17. The Balaban J connectivity index is 2.39. The van der Waals surface area contributed by atoms with Crippen molar-refractivity contribution in [3.05, 3.63) is 47.5 Å². The summed E-state index contributed by atoms with van der Waals surface area (Å²) in [6.07, 6.45) is 1.12. The molecule has 4 N–H and O–H groups in total. The normalized spacial score (nSPS) is 11.4. The van der Waals surface area contributed by atoms with Gasteiger partial charge in [-0.25, -0.2) is 0 Å². The number of hydrogen-bond donors (Lipinski definition) is 2. The molecule has 0 spiro atoms. The highest BCUT2D eigenvalue weighted by Crippen LogP contribution is 2.36. The van der Waals surface area contributed by atoms with Crippen molar-refractivity contribution in [1.29, 1.82) is 0 Å². The maximum absolute atomic E-state index is 6.06. The van der Waals surface area contributed by atoms with Gasteiger partial charge in [0.1, 0.15) is 11.5 Å². The standard InChI is InChI=1S/C21H30N2O2/c1-6-17(15-7-9-18(22)20(11-15)24-13(2)3)16-8-10-19(23)21(12-16)25-14(4)5/h7-14,17H,6,22-23H2,1-5H3. The summed E-state index contributed by atoms with van der Waals surface area (Å²) >= 11 is 0. The van der Waals surface area contributed by atoms with E-state index in [0.29, 0.717) is 11.4 Å². The van der Waals surface area contributed by atoms with E-state index in [2.05, 4.69) is 19.1 Å². The van der Waals surface area contributed by atoms with Crippen molar-refractivity contribution < 1.29 is 9.47 Å². The molecule has 4 nitrogen and oxygen atoms in total. The van der Waals surface area contributed by atoms with Crippen LogP contribution < -0.4 is 20.9 Å². The maximum atomic E-state index is 6.06. The third kappa shape index (κ3) is 4.81. The predicted octanol–water partition coefficient (Wildman–Crippen LogP) is 4.97. The van der Waals surface area contributed by atoms with E-state index in [0.717, 1.165) is 17.9 Å². The van der Waals surface area contributed by atoms with Crippen LogP contribution in [-0.2, 0) is 0 Å². The summed E-state index contributed by atoms with van der Waals surface area (Å²) in [5.41, 5.74) is 15.8. The van der Waals surface area contributed by atoms with E-state index < -0.39 is 0 Å². The van der Waals surface area contributed by atoms with E-state index in [4.69, 9.17) is 20.9 Å². The lowest BCUT2D eigenvalue weighted by Crippen LogP contribution is -2.10. The highest BCUT2D eigenvalue weighted by molar-refractivity contribution is 5.58. The number of anilines is 2. The Labute approximate surface area is 151 Å². The third-order valence-electron chi connectivity index (χ3n) is 4.01. The lowest BCUT2D eigenvalue weighted by molar-refractivity contribution is 0.243. The number of rotatable bonds is 7. The van der Waals surface area contributed by atoms with E-state index >= 15 is 0 Å². The summed E-state index contributed by atoms with van der Waals surface area (Å²) in [6, 6.07) is 12.1. The topological polar surface area (TPSA) is 70.5 Å². The molecule has 0 aromatic heterocycles. The second kappa shape index (κ2) is 8.15. The fourth-order valence-corrected chi connectivity index (χ4v) is 2.91. The SMILES string of the molecule is CCC(c1ccc(N)c(OC(C)C)c1)c1ccc(N)c(OC(C)C)c1. The van der Waals surface area contributed by atoms with Crippen molar-refractivity contribution >= 4 is 11.4 Å². The van der Waals surface area contributed by atoms with E-state index in [1.165, 1.54) is 11.1 Å². The van der Waals surface area contributed by atoms with Crippen LogP contribution >= 0.6 is 0 Å². The second-order valence-electron chi connectivity index (χ2n) is 6.89. The van der Waals surface area contributed by atoms with Gasteiger partial charge in [-0.1, -0.05) is 19.1 Å². The molecule has 2 rings (SSSR count). The van der Waals surface area contributed by atoms with Crippen LogP contribution in [0.15, 0.2) is 36.4 Å². The Kier molecular flexibility index (Phi) is 6.18. The Bertz CT molecular complexity index is 652. The van der Waals surface area contributed by atoms with Gasteiger partial charge in [-0.2, -0.15) is 0 Å². The first-order valence-electron chi connectivity index (χ1n) is 8.94. The zero-order valence-electron chi connectivity index (χ0n) is 15.9. The molecule has 0 aliphatic rings. The molecule has 0 amide bonds. The molecule has 0 aliphatic heterocycles. The van der Waals surface area contributed by atoms with Crippen LogP contribution in [0.2, 0.25) is 0 Å². The third-order valence-corrected chi connectivity index (χ3v) is 4.01. The minimum atomic E-state index is 0.0835. The molecule has 2 aromatic carbocycles. The van der Waals surface area contributed by atoms with E-state index in [-0.39, 0.29) is 18.1 Å². The van der Waals surface area contributed by atoms with Gasteiger partial charge in [-0.05, 0) is 69.5 Å². The lowest BCUT2D eigenvalue weighted by Gasteiger charge is -2.21. The molecule has 2 aromatic rings. The number of benzene rings is 2.